The summed E-state index contributed by atoms with van der Waals surface area (Å²) < 4.78 is 10.9. The van der Waals surface area contributed by atoms with Crippen molar-refractivity contribution in [1.82, 2.24) is 0 Å². The second-order valence-electron chi connectivity index (χ2n) is 7.92. The number of methoxy groups -OCH3 is 1. The zero-order chi connectivity index (χ0) is 20.8. The van der Waals surface area contributed by atoms with Crippen molar-refractivity contribution in [1.29, 1.82) is 0 Å². The van der Waals surface area contributed by atoms with E-state index in [1.165, 1.54) is 12.0 Å². The van der Waals surface area contributed by atoms with Crippen LogP contribution in [-0.4, -0.2) is 31.3 Å². The van der Waals surface area contributed by atoms with Crippen molar-refractivity contribution >= 4 is 23.3 Å². The second-order valence-corrected chi connectivity index (χ2v) is 7.92. The molecule has 0 radical (unpaired) electrons. The number of ketones is 1. The number of ether oxygens (including phenoxy) is 2. The first-order chi connectivity index (χ1) is 14.6. The van der Waals surface area contributed by atoms with Crippen LogP contribution in [0.5, 0.6) is 11.5 Å². The topological polar surface area (TPSA) is 72.9 Å². The molecule has 1 saturated carbocycles. The van der Waals surface area contributed by atoms with Crippen LogP contribution < -0.4 is 14.4 Å². The SMILES string of the molecule is COc1cccc(C(=O)COc2ccccc2N2C(=O)[C@@H]3[C@H](C2=O)[C@H]2C=C[C@H]3C2)c1. The third kappa shape index (κ3) is 2.83. The maximum absolute atomic E-state index is 13.1. The Morgan fingerprint density at radius 2 is 1.70 bits per heavy atom. The lowest BCUT2D eigenvalue weighted by Gasteiger charge is -2.20. The first-order valence-corrected chi connectivity index (χ1v) is 10.0. The molecule has 4 atom stereocenters. The fraction of sp³-hybridized carbons (Fsp3) is 0.292. The number of Topliss-reactive ketones (excluding diaryl/α,β-unsaturated/α-hetero) is 1. The maximum atomic E-state index is 13.1. The molecule has 2 bridgehead atoms. The summed E-state index contributed by atoms with van der Waals surface area (Å²) >= 11 is 0. The van der Waals surface area contributed by atoms with Gasteiger partial charge in [-0.2, -0.15) is 0 Å². The molecule has 1 heterocycles. The molecular weight excluding hydrogens is 382 g/mol. The number of benzene rings is 2. The van der Waals surface area contributed by atoms with Gasteiger partial charge in [0.15, 0.2) is 12.4 Å². The van der Waals surface area contributed by atoms with Gasteiger partial charge in [-0.25, -0.2) is 4.90 Å². The Hall–Kier alpha value is -3.41. The van der Waals surface area contributed by atoms with E-state index in [4.69, 9.17) is 9.47 Å². The number of allylic oxidation sites excluding steroid dienone is 2. The van der Waals surface area contributed by atoms with Crippen LogP contribution in [0, 0.1) is 23.7 Å². The van der Waals surface area contributed by atoms with Crippen molar-refractivity contribution in [3.63, 3.8) is 0 Å². The minimum atomic E-state index is -0.279. The van der Waals surface area contributed by atoms with Gasteiger partial charge in [0.1, 0.15) is 11.5 Å². The Balaban J connectivity index is 1.37. The molecule has 5 rings (SSSR count). The van der Waals surface area contributed by atoms with Gasteiger partial charge < -0.3 is 9.47 Å². The Labute approximate surface area is 174 Å². The summed E-state index contributed by atoms with van der Waals surface area (Å²) in [7, 11) is 1.54. The number of anilines is 1. The molecule has 6 nitrogen and oxygen atoms in total. The van der Waals surface area contributed by atoms with Crippen LogP contribution in [0.15, 0.2) is 60.7 Å². The Morgan fingerprint density at radius 3 is 2.40 bits per heavy atom. The van der Waals surface area contributed by atoms with Crippen LogP contribution >= 0.6 is 0 Å². The lowest BCUT2D eigenvalue weighted by Crippen LogP contribution is -2.33. The zero-order valence-corrected chi connectivity index (χ0v) is 16.5. The molecule has 2 amide bonds. The van der Waals surface area contributed by atoms with E-state index in [0.717, 1.165) is 6.42 Å². The first kappa shape index (κ1) is 18.6. The van der Waals surface area contributed by atoms with Crippen molar-refractivity contribution in [2.24, 2.45) is 23.7 Å². The highest BCUT2D eigenvalue weighted by Crippen LogP contribution is 2.53. The van der Waals surface area contributed by atoms with E-state index in [9.17, 15) is 14.4 Å². The predicted octanol–water partition coefficient (Wildman–Crippen LogP) is 3.27. The highest BCUT2D eigenvalue weighted by molar-refractivity contribution is 6.23. The number of imide groups is 1. The van der Waals surface area contributed by atoms with E-state index in [2.05, 4.69) is 12.2 Å². The van der Waals surface area contributed by atoms with Crippen LogP contribution in [0.1, 0.15) is 16.8 Å². The maximum Gasteiger partial charge on any atom is 0.238 e. The lowest BCUT2D eigenvalue weighted by molar-refractivity contribution is -0.123. The van der Waals surface area contributed by atoms with Crippen molar-refractivity contribution in [2.45, 2.75) is 6.42 Å². The average molecular weight is 403 g/mol. The van der Waals surface area contributed by atoms with Crippen molar-refractivity contribution in [3.05, 3.63) is 66.2 Å². The van der Waals surface area contributed by atoms with Gasteiger partial charge in [-0.1, -0.05) is 36.4 Å². The van der Waals surface area contributed by atoms with Crippen molar-refractivity contribution < 1.29 is 23.9 Å². The number of hydrogen-bond donors (Lipinski definition) is 0. The molecule has 2 fully saturated rings. The van der Waals surface area contributed by atoms with E-state index in [1.807, 2.05) is 0 Å². The van der Waals surface area contributed by atoms with E-state index in [-0.39, 0.29) is 47.9 Å². The van der Waals surface area contributed by atoms with Crippen LogP contribution in [0.25, 0.3) is 0 Å². The molecule has 2 aromatic rings. The number of carbonyl (C=O) groups excluding carboxylic acids is 3. The van der Waals surface area contributed by atoms with Gasteiger partial charge >= 0.3 is 0 Å². The predicted molar refractivity (Wildman–Crippen MR) is 109 cm³/mol. The Bertz CT molecular complexity index is 1040. The molecule has 6 heteroatoms. The van der Waals surface area contributed by atoms with Crippen LogP contribution in [0.2, 0.25) is 0 Å². The molecule has 3 aliphatic rings. The summed E-state index contributed by atoms with van der Waals surface area (Å²) in [6.45, 7) is -0.208. The Kier molecular flexibility index (Phi) is 4.42. The molecule has 1 saturated heterocycles. The quantitative estimate of drug-likeness (QED) is 0.421. The molecule has 30 heavy (non-hydrogen) atoms. The van der Waals surface area contributed by atoms with Gasteiger partial charge in [0.25, 0.3) is 0 Å². The molecule has 0 N–H and O–H groups in total. The van der Waals surface area contributed by atoms with E-state index < -0.39 is 0 Å². The van der Waals surface area contributed by atoms with Gasteiger partial charge in [0, 0.05) is 5.56 Å². The molecule has 152 valence electrons. The first-order valence-electron chi connectivity index (χ1n) is 10.0. The number of fused-ring (bicyclic) bond motifs is 5. The van der Waals surface area contributed by atoms with Crippen molar-refractivity contribution in [3.8, 4) is 11.5 Å². The molecule has 0 spiro atoms. The van der Waals surface area contributed by atoms with Gasteiger partial charge in [-0.15, -0.1) is 0 Å². The van der Waals surface area contributed by atoms with Gasteiger partial charge in [0.05, 0.1) is 24.6 Å². The Morgan fingerprint density at radius 1 is 1.00 bits per heavy atom. The number of amides is 2. The van der Waals surface area contributed by atoms with Crippen LogP contribution in [0.4, 0.5) is 5.69 Å². The third-order valence-corrected chi connectivity index (χ3v) is 6.33. The van der Waals surface area contributed by atoms with E-state index >= 15 is 0 Å². The molecule has 2 aromatic carbocycles. The standard InChI is InChI=1S/C24H21NO5/c1-29-17-6-4-5-14(12-17)19(26)13-30-20-8-3-2-7-18(20)25-23(27)21-15-9-10-16(11-15)22(21)24(25)28/h2-10,12,15-16,21-22H,11,13H2,1H3/t15-,16-,21-,22+/m0/s1. The van der Waals surface area contributed by atoms with E-state index in [0.29, 0.717) is 22.7 Å². The molecule has 2 aliphatic carbocycles. The summed E-state index contributed by atoms with van der Waals surface area (Å²) in [6, 6.07) is 13.7. The zero-order valence-electron chi connectivity index (χ0n) is 16.5. The van der Waals surface area contributed by atoms with E-state index in [1.54, 1.807) is 48.5 Å². The van der Waals surface area contributed by atoms with Gasteiger partial charge in [-0.3, -0.25) is 14.4 Å². The molecular formula is C24H21NO5. The molecule has 1 aliphatic heterocycles. The van der Waals surface area contributed by atoms with Crippen LogP contribution in [0.3, 0.4) is 0 Å². The number of carbonyl (C=O) groups is 3. The lowest BCUT2D eigenvalue weighted by atomic mass is 9.85. The smallest absolute Gasteiger partial charge is 0.238 e. The monoisotopic (exact) mass is 403 g/mol. The minimum absolute atomic E-state index is 0.143. The van der Waals surface area contributed by atoms with Gasteiger partial charge in [-0.05, 0) is 42.5 Å². The van der Waals surface area contributed by atoms with Crippen LogP contribution in [-0.2, 0) is 9.59 Å². The number of para-hydroxylation sites is 2. The highest BCUT2D eigenvalue weighted by atomic mass is 16.5. The average Bonchev–Trinajstić information content (AvgIpc) is 3.46. The summed E-state index contributed by atoms with van der Waals surface area (Å²) in [5.74, 6) is 0.0993. The molecule has 0 unspecified atom stereocenters. The normalized spacial score (nSPS) is 26.2. The summed E-state index contributed by atoms with van der Waals surface area (Å²) in [6.07, 6.45) is 5.01. The summed E-state index contributed by atoms with van der Waals surface area (Å²) in [5, 5.41) is 0. The third-order valence-electron chi connectivity index (χ3n) is 6.33. The number of hydrogen-bond acceptors (Lipinski definition) is 5. The molecule has 0 aromatic heterocycles. The highest BCUT2D eigenvalue weighted by Gasteiger charge is 2.59. The summed E-state index contributed by atoms with van der Waals surface area (Å²) in [5.41, 5.74) is 0.872. The summed E-state index contributed by atoms with van der Waals surface area (Å²) in [4.78, 5) is 40.0. The fourth-order valence-corrected chi connectivity index (χ4v) is 4.93. The number of nitrogens with zero attached hydrogens (tertiary/aromatic N) is 1. The fourth-order valence-electron chi connectivity index (χ4n) is 4.93. The number of rotatable bonds is 6. The van der Waals surface area contributed by atoms with Crippen molar-refractivity contribution in [2.75, 3.05) is 18.6 Å². The van der Waals surface area contributed by atoms with Gasteiger partial charge in [0.2, 0.25) is 11.8 Å². The second kappa shape index (κ2) is 7.13. The minimum Gasteiger partial charge on any atom is -0.497 e. The largest absolute Gasteiger partial charge is 0.497 e.